The summed E-state index contributed by atoms with van der Waals surface area (Å²) in [5, 5.41) is 14.2. The number of nitrogens with zero attached hydrogens (tertiary/aromatic N) is 1. The van der Waals surface area contributed by atoms with Gasteiger partial charge in [0.2, 0.25) is 0 Å². The molecule has 2 aromatic carbocycles. The van der Waals surface area contributed by atoms with E-state index >= 15 is 0 Å². The lowest BCUT2D eigenvalue weighted by molar-refractivity contribution is 0.263. The minimum atomic E-state index is -0.115. The van der Waals surface area contributed by atoms with Crippen molar-refractivity contribution in [1.29, 1.82) is 0 Å². The van der Waals surface area contributed by atoms with E-state index in [9.17, 15) is 9.90 Å². The molecule has 5 nitrogen and oxygen atoms in total. The van der Waals surface area contributed by atoms with Gasteiger partial charge < -0.3 is 20.3 Å². The molecule has 0 saturated carbocycles. The van der Waals surface area contributed by atoms with Crippen molar-refractivity contribution >= 4 is 28.2 Å². The molecule has 0 amide bonds. The van der Waals surface area contributed by atoms with E-state index in [0.717, 1.165) is 22.0 Å². The summed E-state index contributed by atoms with van der Waals surface area (Å²) in [5.74, 6) is 0. The van der Waals surface area contributed by atoms with Crippen molar-refractivity contribution in [3.05, 3.63) is 81.6 Å². The number of nitrogens with one attached hydrogen (secondary N) is 2. The third kappa shape index (κ3) is 5.43. The molecule has 0 aliphatic carbocycles. The first kappa shape index (κ1) is 21.0. The number of aliphatic hydroxyl groups is 1. The fourth-order valence-corrected chi connectivity index (χ4v) is 3.63. The Hall–Kier alpha value is -2.70. The summed E-state index contributed by atoms with van der Waals surface area (Å²) in [4.78, 5) is 17.5. The van der Waals surface area contributed by atoms with E-state index < -0.39 is 0 Å². The number of hydrogen-bond donors (Lipinski definition) is 3. The molecule has 3 rings (SSSR count). The largest absolute Gasteiger partial charge is 0.396 e. The maximum Gasteiger partial charge on any atom is 0.253 e. The molecule has 6 heteroatoms. The molecular weight excluding hydrogens is 382 g/mol. The van der Waals surface area contributed by atoms with Gasteiger partial charge >= 0.3 is 0 Å². The number of pyridine rings is 1. The molecule has 1 atom stereocenters. The van der Waals surface area contributed by atoms with E-state index in [1.807, 2.05) is 66.4 Å². The number of benzene rings is 2. The molecule has 152 valence electrons. The highest BCUT2D eigenvalue weighted by Gasteiger charge is 2.15. The number of aromatic nitrogens is 1. The van der Waals surface area contributed by atoms with Crippen molar-refractivity contribution in [1.82, 2.24) is 15.2 Å². The van der Waals surface area contributed by atoms with Gasteiger partial charge in [-0.3, -0.25) is 4.79 Å². The SMILES string of the molecule is Cc1ccc2cc(CN(CCCO)C(=S)N[C@H](C)c3ccccc3)c(=O)[nH]c2c1. The fraction of sp³-hybridized carbons (Fsp3) is 0.304. The number of aryl methyl sites for hydroxylation is 1. The van der Waals surface area contributed by atoms with E-state index in [1.165, 1.54) is 0 Å². The maximum absolute atomic E-state index is 12.6. The third-order valence-corrected chi connectivity index (χ3v) is 5.33. The molecule has 0 fully saturated rings. The summed E-state index contributed by atoms with van der Waals surface area (Å²) < 4.78 is 0. The van der Waals surface area contributed by atoms with E-state index in [-0.39, 0.29) is 18.2 Å². The summed E-state index contributed by atoms with van der Waals surface area (Å²) in [6, 6.07) is 18.0. The Labute approximate surface area is 176 Å². The minimum absolute atomic E-state index is 0.0400. The Morgan fingerprint density at radius 3 is 2.69 bits per heavy atom. The van der Waals surface area contributed by atoms with Crippen molar-refractivity contribution < 1.29 is 5.11 Å². The van der Waals surface area contributed by atoms with Crippen molar-refractivity contribution in [3.8, 4) is 0 Å². The topological polar surface area (TPSA) is 68.4 Å². The Morgan fingerprint density at radius 1 is 1.21 bits per heavy atom. The van der Waals surface area contributed by atoms with Crippen molar-refractivity contribution in [2.45, 2.75) is 32.9 Å². The second-order valence-corrected chi connectivity index (χ2v) is 7.68. The lowest BCUT2D eigenvalue weighted by Gasteiger charge is -2.28. The van der Waals surface area contributed by atoms with Gasteiger partial charge in [0, 0.05) is 24.2 Å². The summed E-state index contributed by atoms with van der Waals surface area (Å²) in [6.07, 6.45) is 0.576. The van der Waals surface area contributed by atoms with E-state index in [2.05, 4.69) is 17.2 Å². The maximum atomic E-state index is 12.6. The number of fused-ring (bicyclic) bond motifs is 1. The number of thiocarbonyl (C=S) groups is 1. The normalized spacial score (nSPS) is 12.0. The highest BCUT2D eigenvalue weighted by atomic mass is 32.1. The minimum Gasteiger partial charge on any atom is -0.396 e. The van der Waals surface area contributed by atoms with Gasteiger partial charge in [-0.05, 0) is 61.1 Å². The quantitative estimate of drug-likeness (QED) is 0.520. The summed E-state index contributed by atoms with van der Waals surface area (Å²) in [5.41, 5.74) is 3.60. The van der Waals surface area contributed by atoms with Gasteiger partial charge in [0.1, 0.15) is 0 Å². The van der Waals surface area contributed by atoms with Gasteiger partial charge in [-0.2, -0.15) is 0 Å². The molecule has 0 aliphatic rings. The van der Waals surface area contributed by atoms with Crippen LogP contribution in [-0.2, 0) is 6.54 Å². The number of hydrogen-bond acceptors (Lipinski definition) is 3. The zero-order chi connectivity index (χ0) is 20.8. The second-order valence-electron chi connectivity index (χ2n) is 7.29. The predicted octanol–water partition coefficient (Wildman–Crippen LogP) is 3.66. The van der Waals surface area contributed by atoms with Crippen LogP contribution in [-0.4, -0.2) is 33.3 Å². The zero-order valence-corrected chi connectivity index (χ0v) is 17.6. The van der Waals surface area contributed by atoms with E-state index in [1.54, 1.807) is 0 Å². The molecular formula is C23H27N3O2S. The van der Waals surface area contributed by atoms with Crippen LogP contribution in [0.2, 0.25) is 0 Å². The van der Waals surface area contributed by atoms with E-state index in [4.69, 9.17) is 12.2 Å². The van der Waals surface area contributed by atoms with Gasteiger partial charge in [-0.25, -0.2) is 0 Å². The monoisotopic (exact) mass is 409 g/mol. The molecule has 0 aliphatic heterocycles. The molecule has 1 aromatic heterocycles. The first-order valence-corrected chi connectivity index (χ1v) is 10.2. The average Bonchev–Trinajstić information content (AvgIpc) is 2.72. The predicted molar refractivity (Wildman–Crippen MR) is 122 cm³/mol. The second kappa shape index (κ2) is 9.67. The van der Waals surface area contributed by atoms with Crippen molar-refractivity contribution in [3.63, 3.8) is 0 Å². The van der Waals surface area contributed by atoms with Gasteiger partial charge in [0.25, 0.3) is 5.56 Å². The first-order valence-electron chi connectivity index (χ1n) is 9.81. The lowest BCUT2D eigenvalue weighted by atomic mass is 10.1. The van der Waals surface area contributed by atoms with Crippen LogP contribution in [0.5, 0.6) is 0 Å². The lowest BCUT2D eigenvalue weighted by Crippen LogP contribution is -2.42. The van der Waals surface area contributed by atoms with Gasteiger partial charge in [-0.1, -0.05) is 42.5 Å². The standard InChI is InChI=1S/C23H27N3O2S/c1-16-9-10-19-14-20(22(28)25-21(19)13-16)15-26(11-6-12-27)23(29)24-17(2)18-7-4-3-5-8-18/h3-5,7-10,13-14,17,27H,6,11-12,15H2,1-2H3,(H,24,29)(H,25,28)/t17-/m1/s1. The van der Waals surface area contributed by atoms with Crippen molar-refractivity contribution in [2.75, 3.05) is 13.2 Å². The number of aromatic amines is 1. The van der Waals surface area contributed by atoms with Gasteiger partial charge in [0.15, 0.2) is 5.11 Å². The molecule has 0 unspecified atom stereocenters. The number of aliphatic hydroxyl groups excluding tert-OH is 1. The van der Waals surface area contributed by atoms with Crippen LogP contribution < -0.4 is 10.9 Å². The fourth-order valence-electron chi connectivity index (χ4n) is 3.30. The average molecular weight is 410 g/mol. The highest BCUT2D eigenvalue weighted by Crippen LogP contribution is 2.16. The molecule has 0 radical (unpaired) electrons. The molecule has 3 N–H and O–H groups in total. The van der Waals surface area contributed by atoms with Crippen LogP contribution in [0.25, 0.3) is 10.9 Å². The van der Waals surface area contributed by atoms with Crippen LogP contribution in [0.1, 0.15) is 36.1 Å². The van der Waals surface area contributed by atoms with Crippen molar-refractivity contribution in [2.24, 2.45) is 0 Å². The molecule has 0 bridgehead atoms. The smallest absolute Gasteiger partial charge is 0.253 e. The summed E-state index contributed by atoms with van der Waals surface area (Å²) in [6.45, 7) is 5.07. The Bertz CT molecular complexity index is 1030. The van der Waals surface area contributed by atoms with Crippen LogP contribution in [0.4, 0.5) is 0 Å². The van der Waals surface area contributed by atoms with Gasteiger partial charge in [-0.15, -0.1) is 0 Å². The molecule has 3 aromatic rings. The van der Waals surface area contributed by atoms with E-state index in [0.29, 0.717) is 30.2 Å². The molecule has 29 heavy (non-hydrogen) atoms. The summed E-state index contributed by atoms with van der Waals surface area (Å²) in [7, 11) is 0. The highest BCUT2D eigenvalue weighted by molar-refractivity contribution is 7.80. The molecule has 0 saturated heterocycles. The Morgan fingerprint density at radius 2 is 1.97 bits per heavy atom. The number of H-pyrrole nitrogens is 1. The third-order valence-electron chi connectivity index (χ3n) is 4.95. The zero-order valence-electron chi connectivity index (χ0n) is 16.8. The van der Waals surface area contributed by atoms with Crippen LogP contribution >= 0.6 is 12.2 Å². The molecule has 0 spiro atoms. The van der Waals surface area contributed by atoms with Crippen LogP contribution in [0.3, 0.4) is 0 Å². The Balaban J connectivity index is 1.80. The Kier molecular flexibility index (Phi) is 7.01. The van der Waals surface area contributed by atoms with Crippen LogP contribution in [0, 0.1) is 6.92 Å². The molecule has 1 heterocycles. The van der Waals surface area contributed by atoms with Crippen LogP contribution in [0.15, 0.2) is 59.4 Å². The first-order chi connectivity index (χ1) is 14.0. The summed E-state index contributed by atoms with van der Waals surface area (Å²) >= 11 is 5.64. The number of rotatable bonds is 7. The van der Waals surface area contributed by atoms with Gasteiger partial charge in [0.05, 0.1) is 12.6 Å².